The first kappa shape index (κ1) is 19.3. The van der Waals surface area contributed by atoms with Gasteiger partial charge < -0.3 is 10.1 Å². The van der Waals surface area contributed by atoms with Crippen molar-refractivity contribution in [2.24, 2.45) is 0 Å². The van der Waals surface area contributed by atoms with Crippen LogP contribution in [0.2, 0.25) is 0 Å². The van der Waals surface area contributed by atoms with Crippen LogP contribution >= 0.6 is 0 Å². The molecular weight excluding hydrogens is 360 g/mol. The van der Waals surface area contributed by atoms with Gasteiger partial charge in [0.25, 0.3) is 0 Å². The van der Waals surface area contributed by atoms with Crippen molar-refractivity contribution >= 4 is 16.9 Å². The van der Waals surface area contributed by atoms with Crippen molar-refractivity contribution in [2.75, 3.05) is 0 Å². The Bertz CT molecular complexity index is 1110. The number of halogens is 2. The van der Waals surface area contributed by atoms with Gasteiger partial charge in [-0.1, -0.05) is 50.2 Å². The molecule has 0 fully saturated rings. The zero-order valence-electron chi connectivity index (χ0n) is 15.5. The van der Waals surface area contributed by atoms with Gasteiger partial charge in [-0.15, -0.1) is 0 Å². The summed E-state index contributed by atoms with van der Waals surface area (Å²) in [6, 6.07) is 17.3. The largest absolute Gasteiger partial charge is 0.477 e. The van der Waals surface area contributed by atoms with Crippen molar-refractivity contribution < 1.29 is 18.7 Å². The molecule has 0 saturated heterocycles. The standard InChI is InChI=1S/C21H13F2NO2.C2H6/c22-15-6-1-12(2-7-15)14-5-10-17-18(11-14)24-20(21(25)26)19(17)13-3-8-16(23)9-4-13;1-2/h1-11,24H,(H,25,26);1-2H3. The third-order valence-electron chi connectivity index (χ3n) is 4.32. The molecule has 0 aliphatic heterocycles. The molecule has 1 aromatic heterocycles. The number of hydrogen-bond acceptors (Lipinski definition) is 1. The van der Waals surface area contributed by atoms with E-state index >= 15 is 0 Å². The summed E-state index contributed by atoms with van der Waals surface area (Å²) in [7, 11) is 0. The summed E-state index contributed by atoms with van der Waals surface area (Å²) >= 11 is 0. The maximum Gasteiger partial charge on any atom is 0.352 e. The van der Waals surface area contributed by atoms with Crippen LogP contribution < -0.4 is 0 Å². The molecule has 5 heteroatoms. The van der Waals surface area contributed by atoms with Crippen LogP contribution in [0, 0.1) is 11.6 Å². The second-order valence-corrected chi connectivity index (χ2v) is 5.95. The van der Waals surface area contributed by atoms with Gasteiger partial charge in [-0.05, 0) is 47.0 Å². The molecule has 3 nitrogen and oxygen atoms in total. The van der Waals surface area contributed by atoms with Crippen molar-refractivity contribution in [1.29, 1.82) is 0 Å². The van der Waals surface area contributed by atoms with E-state index in [9.17, 15) is 18.7 Å². The quantitative estimate of drug-likeness (QED) is 0.427. The first-order valence-electron chi connectivity index (χ1n) is 8.94. The molecule has 0 saturated carbocycles. The van der Waals surface area contributed by atoms with E-state index in [1.165, 1.54) is 24.3 Å². The zero-order valence-corrected chi connectivity index (χ0v) is 15.5. The van der Waals surface area contributed by atoms with Gasteiger partial charge in [0.2, 0.25) is 0 Å². The van der Waals surface area contributed by atoms with Crippen LogP contribution in [-0.4, -0.2) is 16.1 Å². The average molecular weight is 379 g/mol. The van der Waals surface area contributed by atoms with E-state index in [2.05, 4.69) is 4.98 Å². The van der Waals surface area contributed by atoms with E-state index in [-0.39, 0.29) is 17.3 Å². The first-order valence-corrected chi connectivity index (χ1v) is 8.94. The number of fused-ring (bicyclic) bond motifs is 1. The molecule has 28 heavy (non-hydrogen) atoms. The van der Waals surface area contributed by atoms with Gasteiger partial charge in [0.05, 0.1) is 0 Å². The Morgan fingerprint density at radius 1 is 0.786 bits per heavy atom. The fourth-order valence-electron chi connectivity index (χ4n) is 3.10. The summed E-state index contributed by atoms with van der Waals surface area (Å²) in [6.45, 7) is 4.00. The Labute approximate surface area is 161 Å². The summed E-state index contributed by atoms with van der Waals surface area (Å²) in [5.74, 6) is -1.80. The van der Waals surface area contributed by atoms with Crippen molar-refractivity contribution in [3.05, 3.63) is 84.1 Å². The molecule has 4 aromatic rings. The van der Waals surface area contributed by atoms with Crippen molar-refractivity contribution in [3.63, 3.8) is 0 Å². The molecule has 3 aromatic carbocycles. The van der Waals surface area contributed by atoms with E-state index in [4.69, 9.17) is 0 Å². The molecule has 0 spiro atoms. The van der Waals surface area contributed by atoms with Crippen LogP contribution in [0.1, 0.15) is 24.3 Å². The SMILES string of the molecule is CC.O=C(O)c1[nH]c2cc(-c3ccc(F)cc3)ccc2c1-c1ccc(F)cc1. The molecule has 142 valence electrons. The normalized spacial score (nSPS) is 10.4. The van der Waals surface area contributed by atoms with Crippen LogP contribution in [0.15, 0.2) is 66.7 Å². The number of nitrogens with one attached hydrogen (secondary N) is 1. The predicted octanol–water partition coefficient (Wildman–Crippen LogP) is 6.50. The van der Waals surface area contributed by atoms with Crippen LogP contribution in [0.25, 0.3) is 33.2 Å². The molecular formula is C23H19F2NO2. The molecule has 0 bridgehead atoms. The maximum atomic E-state index is 13.2. The number of benzene rings is 3. The summed E-state index contributed by atoms with van der Waals surface area (Å²) in [6.07, 6.45) is 0. The van der Waals surface area contributed by atoms with Gasteiger partial charge in [-0.25, -0.2) is 13.6 Å². The van der Waals surface area contributed by atoms with Crippen LogP contribution in [0.4, 0.5) is 8.78 Å². The number of H-pyrrole nitrogens is 1. The fourth-order valence-corrected chi connectivity index (χ4v) is 3.10. The highest BCUT2D eigenvalue weighted by molar-refractivity contribution is 6.08. The number of carboxylic acids is 1. The topological polar surface area (TPSA) is 53.1 Å². The van der Waals surface area contributed by atoms with Gasteiger partial charge in [-0.2, -0.15) is 0 Å². The second-order valence-electron chi connectivity index (χ2n) is 5.95. The van der Waals surface area contributed by atoms with Gasteiger partial charge in [0.1, 0.15) is 17.3 Å². The lowest BCUT2D eigenvalue weighted by atomic mass is 9.99. The minimum atomic E-state index is -1.09. The summed E-state index contributed by atoms with van der Waals surface area (Å²) in [4.78, 5) is 14.6. The molecule has 4 rings (SSSR count). The molecule has 0 aliphatic rings. The van der Waals surface area contributed by atoms with E-state index in [0.29, 0.717) is 16.6 Å². The van der Waals surface area contributed by atoms with Crippen LogP contribution in [0.3, 0.4) is 0 Å². The van der Waals surface area contributed by atoms with Crippen molar-refractivity contribution in [1.82, 2.24) is 4.98 Å². The number of hydrogen-bond donors (Lipinski definition) is 2. The zero-order chi connectivity index (χ0) is 20.3. The van der Waals surface area contributed by atoms with E-state index in [0.717, 1.165) is 16.5 Å². The van der Waals surface area contributed by atoms with Gasteiger partial charge >= 0.3 is 5.97 Å². The van der Waals surface area contributed by atoms with Crippen LogP contribution in [-0.2, 0) is 0 Å². The van der Waals surface area contributed by atoms with Gasteiger partial charge in [0, 0.05) is 16.5 Å². The number of aromatic amines is 1. The highest BCUT2D eigenvalue weighted by Crippen LogP contribution is 2.35. The van der Waals surface area contributed by atoms with Gasteiger partial charge in [0.15, 0.2) is 0 Å². The predicted molar refractivity (Wildman–Crippen MR) is 107 cm³/mol. The fraction of sp³-hybridized carbons (Fsp3) is 0.0870. The molecule has 0 amide bonds. The number of carbonyl (C=O) groups is 1. The highest BCUT2D eigenvalue weighted by Gasteiger charge is 2.19. The lowest BCUT2D eigenvalue weighted by Gasteiger charge is -2.04. The van der Waals surface area contributed by atoms with Gasteiger partial charge in [-0.3, -0.25) is 0 Å². The van der Waals surface area contributed by atoms with Crippen molar-refractivity contribution in [2.45, 2.75) is 13.8 Å². The molecule has 0 aliphatic carbocycles. The molecule has 0 unspecified atom stereocenters. The Hall–Kier alpha value is -3.47. The highest BCUT2D eigenvalue weighted by atomic mass is 19.1. The number of aromatic nitrogens is 1. The number of rotatable bonds is 3. The maximum absolute atomic E-state index is 13.2. The lowest BCUT2D eigenvalue weighted by Crippen LogP contribution is -1.98. The molecule has 0 radical (unpaired) electrons. The monoisotopic (exact) mass is 379 g/mol. The minimum absolute atomic E-state index is 0.0443. The molecule has 0 atom stereocenters. The van der Waals surface area contributed by atoms with Crippen LogP contribution in [0.5, 0.6) is 0 Å². The Kier molecular flexibility index (Phi) is 5.54. The summed E-state index contributed by atoms with van der Waals surface area (Å²) in [5.41, 5.74) is 3.47. The average Bonchev–Trinajstić information content (AvgIpc) is 3.10. The Morgan fingerprint density at radius 2 is 1.29 bits per heavy atom. The van der Waals surface area contributed by atoms with E-state index in [1.54, 1.807) is 24.3 Å². The molecule has 1 heterocycles. The lowest BCUT2D eigenvalue weighted by molar-refractivity contribution is 0.0692. The Balaban J connectivity index is 0.00000109. The molecule has 2 N–H and O–H groups in total. The van der Waals surface area contributed by atoms with E-state index in [1.807, 2.05) is 32.0 Å². The minimum Gasteiger partial charge on any atom is -0.477 e. The van der Waals surface area contributed by atoms with E-state index < -0.39 is 5.97 Å². The van der Waals surface area contributed by atoms with Crippen molar-refractivity contribution in [3.8, 4) is 22.3 Å². The summed E-state index contributed by atoms with van der Waals surface area (Å²) < 4.78 is 26.3. The third-order valence-corrected chi connectivity index (χ3v) is 4.32. The third kappa shape index (κ3) is 3.64. The second kappa shape index (κ2) is 8.05. The number of carboxylic acid groups (broad SMARTS) is 1. The first-order chi connectivity index (χ1) is 13.5. The Morgan fingerprint density at radius 3 is 1.82 bits per heavy atom. The smallest absolute Gasteiger partial charge is 0.352 e. The summed E-state index contributed by atoms with van der Waals surface area (Å²) in [5, 5.41) is 10.3. The number of aromatic carboxylic acids is 1.